The number of nitrogens with one attached hydrogen (secondary N) is 2. The van der Waals surface area contributed by atoms with Crippen LogP contribution in [0.4, 0.5) is 29.0 Å². The quantitative estimate of drug-likeness (QED) is 0.510. The fourth-order valence-electron chi connectivity index (χ4n) is 3.94. The lowest BCUT2D eigenvalue weighted by Crippen LogP contribution is -2.42. The van der Waals surface area contributed by atoms with E-state index >= 15 is 0 Å². The summed E-state index contributed by atoms with van der Waals surface area (Å²) in [5.41, 5.74) is 10.0. The van der Waals surface area contributed by atoms with Gasteiger partial charge >= 0.3 is 0 Å². The minimum atomic E-state index is -0.117. The van der Waals surface area contributed by atoms with E-state index < -0.39 is 0 Å². The molecule has 0 radical (unpaired) electrons. The van der Waals surface area contributed by atoms with E-state index in [1.807, 2.05) is 32.0 Å². The van der Waals surface area contributed by atoms with Crippen molar-refractivity contribution in [3.8, 4) is 5.75 Å². The third-order valence-electron chi connectivity index (χ3n) is 5.90. The highest BCUT2D eigenvalue weighted by molar-refractivity contribution is 5.95. The molecule has 0 bridgehead atoms. The summed E-state index contributed by atoms with van der Waals surface area (Å²) in [5, 5.41) is 6.39. The monoisotopic (exact) mass is 418 g/mol. The van der Waals surface area contributed by atoms with Gasteiger partial charge in [-0.05, 0) is 48.2 Å². The van der Waals surface area contributed by atoms with Gasteiger partial charge in [0.2, 0.25) is 11.9 Å². The number of methoxy groups -OCH3 is 1. The van der Waals surface area contributed by atoms with E-state index in [1.54, 1.807) is 25.3 Å². The third-order valence-corrected chi connectivity index (χ3v) is 5.90. The number of ketones is 1. The summed E-state index contributed by atoms with van der Waals surface area (Å²) in [6.45, 7) is 6.11. The number of aryl methyl sites for hydroxylation is 1. The molecule has 8 heteroatoms. The molecule has 160 valence electrons. The van der Waals surface area contributed by atoms with Crippen molar-refractivity contribution in [2.45, 2.75) is 26.7 Å². The molecule has 3 aromatic rings. The molecule has 0 spiro atoms. The summed E-state index contributed by atoms with van der Waals surface area (Å²) in [6, 6.07) is 11.3. The summed E-state index contributed by atoms with van der Waals surface area (Å²) >= 11 is 0. The molecule has 4 N–H and O–H groups in total. The van der Waals surface area contributed by atoms with E-state index in [0.29, 0.717) is 34.9 Å². The van der Waals surface area contributed by atoms with Crippen molar-refractivity contribution >= 4 is 34.7 Å². The number of carbonyl (C=O) groups excluding carboxylic acids is 1. The van der Waals surface area contributed by atoms with Gasteiger partial charge in [-0.2, -0.15) is 4.98 Å². The Hall–Kier alpha value is -3.68. The van der Waals surface area contributed by atoms with Crippen molar-refractivity contribution in [2.75, 3.05) is 23.5 Å². The Morgan fingerprint density at radius 3 is 2.39 bits per heavy atom. The van der Waals surface area contributed by atoms with Gasteiger partial charge in [0, 0.05) is 23.2 Å². The molecule has 2 aromatic carbocycles. The van der Waals surface area contributed by atoms with E-state index in [1.165, 1.54) is 6.33 Å². The lowest BCUT2D eigenvalue weighted by molar-refractivity contribution is -0.135. The van der Waals surface area contributed by atoms with Crippen molar-refractivity contribution in [2.24, 2.45) is 11.8 Å². The zero-order valence-corrected chi connectivity index (χ0v) is 18.0. The Labute approximate surface area is 181 Å². The highest BCUT2D eigenvalue weighted by atomic mass is 16.5. The van der Waals surface area contributed by atoms with Crippen LogP contribution in [-0.2, 0) is 4.79 Å². The van der Waals surface area contributed by atoms with Gasteiger partial charge in [0.1, 0.15) is 17.9 Å². The second-order valence-corrected chi connectivity index (χ2v) is 7.96. The Morgan fingerprint density at radius 1 is 1.00 bits per heavy atom. The largest absolute Gasteiger partial charge is 0.495 e. The summed E-state index contributed by atoms with van der Waals surface area (Å²) in [4.78, 5) is 25.4. The summed E-state index contributed by atoms with van der Waals surface area (Å²) in [5.74, 6) is 1.87. The van der Waals surface area contributed by atoms with Crippen molar-refractivity contribution in [3.05, 3.63) is 53.9 Å². The van der Waals surface area contributed by atoms with Crippen LogP contribution in [-0.4, -0.2) is 27.8 Å². The Bertz CT molecular complexity index is 1130. The standard InChI is InChI=1S/C23H26N6O2/c1-12-5-7-16(20-13(2)14(3)21(20)30)17(9-12)27-22-25-11-26-23(29-22)28-18-10-15(24)6-8-19(18)31-4/h5-11,13-14,20H,24H2,1-4H3,(H2,25,26,27,28,29). The molecule has 4 rings (SSSR count). The Kier molecular flexibility index (Phi) is 5.46. The smallest absolute Gasteiger partial charge is 0.232 e. The molecule has 3 unspecified atom stereocenters. The Morgan fingerprint density at radius 2 is 1.71 bits per heavy atom. The first kappa shape index (κ1) is 20.6. The van der Waals surface area contributed by atoms with Crippen LogP contribution in [0.1, 0.15) is 30.9 Å². The number of rotatable bonds is 6. The van der Waals surface area contributed by atoms with Crippen molar-refractivity contribution in [3.63, 3.8) is 0 Å². The topological polar surface area (TPSA) is 115 Å². The maximum atomic E-state index is 12.5. The second-order valence-electron chi connectivity index (χ2n) is 7.96. The minimum absolute atomic E-state index is 0.0837. The summed E-state index contributed by atoms with van der Waals surface area (Å²) in [6.07, 6.45) is 1.42. The van der Waals surface area contributed by atoms with Crippen molar-refractivity contribution in [1.29, 1.82) is 0 Å². The zero-order chi connectivity index (χ0) is 22.1. The number of hydrogen-bond donors (Lipinski definition) is 3. The number of anilines is 5. The molecule has 1 heterocycles. The maximum Gasteiger partial charge on any atom is 0.232 e. The predicted molar refractivity (Wildman–Crippen MR) is 121 cm³/mol. The first-order chi connectivity index (χ1) is 14.9. The average molecular weight is 419 g/mol. The van der Waals surface area contributed by atoms with Crippen LogP contribution in [0.5, 0.6) is 5.75 Å². The minimum Gasteiger partial charge on any atom is -0.495 e. The number of nitrogen functional groups attached to an aromatic ring is 1. The first-order valence-electron chi connectivity index (χ1n) is 10.2. The summed E-state index contributed by atoms with van der Waals surface area (Å²) < 4.78 is 5.36. The van der Waals surface area contributed by atoms with Crippen LogP contribution in [0.3, 0.4) is 0 Å². The van der Waals surface area contributed by atoms with Gasteiger partial charge in [0.15, 0.2) is 0 Å². The van der Waals surface area contributed by atoms with Crippen LogP contribution in [0.15, 0.2) is 42.7 Å². The van der Waals surface area contributed by atoms with Crippen LogP contribution in [0.25, 0.3) is 0 Å². The maximum absolute atomic E-state index is 12.5. The van der Waals surface area contributed by atoms with Crippen molar-refractivity contribution < 1.29 is 9.53 Å². The number of nitrogens with two attached hydrogens (primary N) is 1. The van der Waals surface area contributed by atoms with Gasteiger partial charge in [-0.15, -0.1) is 0 Å². The molecule has 3 atom stereocenters. The normalized spacial score (nSPS) is 20.1. The number of aromatic nitrogens is 3. The molecular formula is C23H26N6O2. The van der Waals surface area contributed by atoms with Crippen LogP contribution in [0, 0.1) is 18.8 Å². The van der Waals surface area contributed by atoms with Gasteiger partial charge in [-0.3, -0.25) is 4.79 Å². The van der Waals surface area contributed by atoms with E-state index in [-0.39, 0.29) is 17.6 Å². The van der Waals surface area contributed by atoms with Crippen LogP contribution >= 0.6 is 0 Å². The number of Topliss-reactive ketones (excluding diaryl/α,β-unsaturated/α-hetero) is 1. The third kappa shape index (κ3) is 4.01. The molecule has 1 aliphatic carbocycles. The fraction of sp³-hybridized carbons (Fsp3) is 0.304. The lowest BCUT2D eigenvalue weighted by Gasteiger charge is -2.40. The molecule has 31 heavy (non-hydrogen) atoms. The number of ether oxygens (including phenoxy) is 1. The SMILES string of the molecule is COc1ccc(N)cc1Nc1ncnc(Nc2cc(C)ccc2C2C(=O)C(C)C2C)n1. The number of nitrogens with zero attached hydrogens (tertiary/aromatic N) is 3. The predicted octanol–water partition coefficient (Wildman–Crippen LogP) is 4.20. The molecule has 0 aliphatic heterocycles. The van der Waals surface area contributed by atoms with Gasteiger partial charge in [-0.25, -0.2) is 9.97 Å². The van der Waals surface area contributed by atoms with Gasteiger partial charge in [-0.1, -0.05) is 26.0 Å². The van der Waals surface area contributed by atoms with Crippen LogP contribution in [0.2, 0.25) is 0 Å². The van der Waals surface area contributed by atoms with Gasteiger partial charge < -0.3 is 21.1 Å². The fourth-order valence-corrected chi connectivity index (χ4v) is 3.94. The highest BCUT2D eigenvalue weighted by Gasteiger charge is 2.45. The molecule has 1 fully saturated rings. The van der Waals surface area contributed by atoms with Gasteiger partial charge in [0.05, 0.1) is 12.8 Å². The number of hydrogen-bond acceptors (Lipinski definition) is 8. The van der Waals surface area contributed by atoms with Gasteiger partial charge in [0.25, 0.3) is 0 Å². The molecule has 8 nitrogen and oxygen atoms in total. The molecule has 0 saturated heterocycles. The lowest BCUT2D eigenvalue weighted by atomic mass is 9.62. The van der Waals surface area contributed by atoms with E-state index in [0.717, 1.165) is 16.8 Å². The molecule has 1 aromatic heterocycles. The van der Waals surface area contributed by atoms with E-state index in [9.17, 15) is 4.79 Å². The average Bonchev–Trinajstić information content (AvgIpc) is 2.75. The molecule has 1 saturated carbocycles. The van der Waals surface area contributed by atoms with E-state index in [2.05, 4.69) is 32.5 Å². The number of benzene rings is 2. The zero-order valence-electron chi connectivity index (χ0n) is 18.0. The van der Waals surface area contributed by atoms with E-state index in [4.69, 9.17) is 10.5 Å². The molecular weight excluding hydrogens is 392 g/mol. The van der Waals surface area contributed by atoms with Crippen molar-refractivity contribution in [1.82, 2.24) is 15.0 Å². The second kappa shape index (κ2) is 8.22. The Balaban J connectivity index is 1.61. The first-order valence-corrected chi connectivity index (χ1v) is 10.2. The summed E-state index contributed by atoms with van der Waals surface area (Å²) in [7, 11) is 1.58. The molecule has 1 aliphatic rings. The highest BCUT2D eigenvalue weighted by Crippen LogP contribution is 2.46. The molecule has 0 amide bonds. The van der Waals surface area contributed by atoms with Crippen LogP contribution < -0.4 is 21.1 Å². The number of carbonyl (C=O) groups is 1.